The number of aromatic nitrogens is 3. The number of esters is 1. The van der Waals surface area contributed by atoms with Crippen LogP contribution < -0.4 is 4.74 Å². The first-order valence-electron chi connectivity index (χ1n) is 5.39. The van der Waals surface area contributed by atoms with Crippen molar-refractivity contribution >= 4 is 11.7 Å². The van der Waals surface area contributed by atoms with Crippen LogP contribution in [0.3, 0.4) is 0 Å². The number of hydrogen-bond acceptors (Lipinski definition) is 7. The third-order valence-electron chi connectivity index (χ3n) is 2.49. The summed E-state index contributed by atoms with van der Waals surface area (Å²) in [6.45, 7) is 0. The van der Waals surface area contributed by atoms with Crippen molar-refractivity contribution in [3.05, 3.63) is 40.5 Å². The quantitative estimate of drug-likeness (QED) is 0.465. The summed E-state index contributed by atoms with van der Waals surface area (Å²) in [5.41, 5.74) is -0.0517. The van der Waals surface area contributed by atoms with Crippen LogP contribution in [0.4, 0.5) is 5.69 Å². The van der Waals surface area contributed by atoms with Gasteiger partial charge < -0.3 is 9.47 Å². The van der Waals surface area contributed by atoms with Gasteiger partial charge >= 0.3 is 5.97 Å². The molecule has 9 heteroatoms. The van der Waals surface area contributed by atoms with Crippen molar-refractivity contribution in [1.82, 2.24) is 14.8 Å². The molecule has 0 aliphatic heterocycles. The van der Waals surface area contributed by atoms with Gasteiger partial charge in [-0.15, -0.1) is 5.10 Å². The molecule has 104 valence electrons. The van der Waals surface area contributed by atoms with E-state index >= 15 is 0 Å². The number of rotatable bonds is 4. The smallest absolute Gasteiger partial charge is 0.377 e. The Kier molecular flexibility index (Phi) is 3.60. The van der Waals surface area contributed by atoms with E-state index in [0.717, 1.165) is 4.68 Å². The molecule has 0 atom stereocenters. The predicted molar refractivity (Wildman–Crippen MR) is 65.9 cm³/mol. The summed E-state index contributed by atoms with van der Waals surface area (Å²) >= 11 is 0. The van der Waals surface area contributed by atoms with Crippen LogP contribution in [0.2, 0.25) is 0 Å². The van der Waals surface area contributed by atoms with Crippen molar-refractivity contribution in [2.75, 3.05) is 14.2 Å². The largest absolute Gasteiger partial charge is 0.497 e. The van der Waals surface area contributed by atoms with Crippen LogP contribution in [-0.4, -0.2) is 39.9 Å². The normalized spacial score (nSPS) is 10.1. The summed E-state index contributed by atoms with van der Waals surface area (Å²) in [6.07, 6.45) is 1.19. The highest BCUT2D eigenvalue weighted by Crippen LogP contribution is 2.26. The number of nitro groups is 1. The molecule has 0 spiro atoms. The minimum absolute atomic E-state index is 0.136. The SMILES string of the molecule is COC(=O)c1ncn(-c2cc(OC)ccc2[N+](=O)[O-])n1. The second kappa shape index (κ2) is 5.34. The monoisotopic (exact) mass is 278 g/mol. The molecule has 0 unspecified atom stereocenters. The molecule has 0 saturated carbocycles. The lowest BCUT2D eigenvalue weighted by Crippen LogP contribution is -2.06. The predicted octanol–water partition coefficient (Wildman–Crippen LogP) is 0.971. The molecule has 0 radical (unpaired) electrons. The van der Waals surface area contributed by atoms with E-state index in [1.54, 1.807) is 0 Å². The molecule has 20 heavy (non-hydrogen) atoms. The summed E-state index contributed by atoms with van der Waals surface area (Å²) in [4.78, 5) is 25.5. The third kappa shape index (κ3) is 2.41. The number of hydrogen-bond donors (Lipinski definition) is 0. The summed E-state index contributed by atoms with van der Waals surface area (Å²) in [6, 6.07) is 4.17. The van der Waals surface area contributed by atoms with Crippen LogP contribution in [0.15, 0.2) is 24.5 Å². The molecule has 9 nitrogen and oxygen atoms in total. The number of methoxy groups -OCH3 is 2. The van der Waals surface area contributed by atoms with E-state index in [4.69, 9.17) is 4.74 Å². The van der Waals surface area contributed by atoms with E-state index in [9.17, 15) is 14.9 Å². The third-order valence-corrected chi connectivity index (χ3v) is 2.49. The van der Waals surface area contributed by atoms with Gasteiger partial charge in [-0.3, -0.25) is 10.1 Å². The van der Waals surface area contributed by atoms with Crippen LogP contribution >= 0.6 is 0 Å². The van der Waals surface area contributed by atoms with Crippen LogP contribution in [0.25, 0.3) is 5.69 Å². The molecule has 0 N–H and O–H groups in total. The molecule has 1 aromatic carbocycles. The molecule has 2 aromatic rings. The molecule has 0 fully saturated rings. The average Bonchev–Trinajstić information content (AvgIpc) is 2.95. The van der Waals surface area contributed by atoms with Crippen molar-refractivity contribution in [3.63, 3.8) is 0 Å². The van der Waals surface area contributed by atoms with E-state index in [2.05, 4.69) is 14.8 Å². The molecule has 0 aliphatic carbocycles. The second-order valence-corrected chi connectivity index (χ2v) is 3.62. The van der Waals surface area contributed by atoms with Crippen LogP contribution in [0.1, 0.15) is 10.6 Å². The lowest BCUT2D eigenvalue weighted by atomic mass is 10.2. The zero-order valence-corrected chi connectivity index (χ0v) is 10.6. The van der Waals surface area contributed by atoms with Gasteiger partial charge in [0.1, 0.15) is 17.8 Å². The number of nitro benzene ring substituents is 1. The zero-order chi connectivity index (χ0) is 14.7. The summed E-state index contributed by atoms with van der Waals surface area (Å²) in [5, 5.41) is 14.8. The molecule has 0 bridgehead atoms. The van der Waals surface area contributed by atoms with Gasteiger partial charge in [0.05, 0.1) is 19.1 Å². The molecule has 0 aliphatic rings. The molecule has 2 rings (SSSR count). The van der Waals surface area contributed by atoms with Crippen molar-refractivity contribution in [1.29, 1.82) is 0 Å². The molecule has 0 amide bonds. The summed E-state index contributed by atoms with van der Waals surface area (Å²) < 4.78 is 10.6. The first-order chi connectivity index (χ1) is 9.56. The van der Waals surface area contributed by atoms with E-state index < -0.39 is 10.9 Å². The highest BCUT2D eigenvalue weighted by Gasteiger charge is 2.19. The molecular weight excluding hydrogens is 268 g/mol. The first-order valence-corrected chi connectivity index (χ1v) is 5.39. The van der Waals surface area contributed by atoms with E-state index in [1.807, 2.05) is 0 Å². The Hall–Kier alpha value is -2.97. The first kappa shape index (κ1) is 13.5. The maximum Gasteiger partial charge on any atom is 0.377 e. The second-order valence-electron chi connectivity index (χ2n) is 3.62. The lowest BCUT2D eigenvalue weighted by molar-refractivity contribution is -0.384. The van der Waals surface area contributed by atoms with Gasteiger partial charge in [-0.1, -0.05) is 0 Å². The Balaban J connectivity index is 2.52. The lowest BCUT2D eigenvalue weighted by Gasteiger charge is -2.05. The van der Waals surface area contributed by atoms with Crippen molar-refractivity contribution in [2.24, 2.45) is 0 Å². The number of ether oxygens (including phenoxy) is 2. The minimum atomic E-state index is -0.728. The van der Waals surface area contributed by atoms with Gasteiger partial charge in [0, 0.05) is 12.1 Å². The van der Waals surface area contributed by atoms with Crippen LogP contribution in [0.5, 0.6) is 5.75 Å². The fourth-order valence-electron chi connectivity index (χ4n) is 1.53. The Morgan fingerprint density at radius 3 is 2.75 bits per heavy atom. The Bertz CT molecular complexity index is 667. The molecule has 1 aromatic heterocycles. The molecular formula is C11H10N4O5. The van der Waals surface area contributed by atoms with E-state index in [0.29, 0.717) is 5.75 Å². The van der Waals surface area contributed by atoms with Crippen LogP contribution in [0, 0.1) is 10.1 Å². The van der Waals surface area contributed by atoms with Gasteiger partial charge in [0.25, 0.3) is 11.5 Å². The summed E-state index contributed by atoms with van der Waals surface area (Å²) in [7, 11) is 2.63. The Labute approximate surface area is 112 Å². The Morgan fingerprint density at radius 2 is 2.15 bits per heavy atom. The van der Waals surface area contributed by atoms with Crippen molar-refractivity contribution in [3.8, 4) is 11.4 Å². The highest BCUT2D eigenvalue weighted by molar-refractivity contribution is 5.84. The van der Waals surface area contributed by atoms with Gasteiger partial charge in [0.15, 0.2) is 0 Å². The zero-order valence-electron chi connectivity index (χ0n) is 10.6. The summed E-state index contributed by atoms with van der Waals surface area (Å²) in [5.74, 6) is -0.500. The van der Waals surface area contributed by atoms with Crippen molar-refractivity contribution in [2.45, 2.75) is 0 Å². The number of nitrogens with zero attached hydrogens (tertiary/aromatic N) is 4. The molecule has 0 saturated heterocycles. The van der Waals surface area contributed by atoms with E-state index in [1.165, 1.54) is 38.7 Å². The van der Waals surface area contributed by atoms with E-state index in [-0.39, 0.29) is 17.2 Å². The molecule has 1 heterocycles. The van der Waals surface area contributed by atoms with Crippen LogP contribution in [-0.2, 0) is 4.74 Å². The number of carbonyl (C=O) groups excluding carboxylic acids is 1. The van der Waals surface area contributed by atoms with Gasteiger partial charge in [-0.25, -0.2) is 14.5 Å². The number of carbonyl (C=O) groups is 1. The number of benzene rings is 1. The standard InChI is InChI=1S/C11H10N4O5/c1-19-7-3-4-8(15(17)18)9(5-7)14-6-12-10(13-14)11(16)20-2/h3-6H,1-2H3. The van der Waals surface area contributed by atoms with Gasteiger partial charge in [-0.05, 0) is 6.07 Å². The maximum atomic E-state index is 11.3. The average molecular weight is 278 g/mol. The van der Waals surface area contributed by atoms with Gasteiger partial charge in [-0.2, -0.15) is 0 Å². The fraction of sp³-hybridized carbons (Fsp3) is 0.182. The maximum absolute atomic E-state index is 11.3. The topological polar surface area (TPSA) is 109 Å². The Morgan fingerprint density at radius 1 is 1.40 bits per heavy atom. The highest BCUT2D eigenvalue weighted by atomic mass is 16.6. The van der Waals surface area contributed by atoms with Gasteiger partial charge in [0.2, 0.25) is 0 Å². The fourth-order valence-corrected chi connectivity index (χ4v) is 1.53. The minimum Gasteiger partial charge on any atom is -0.497 e. The van der Waals surface area contributed by atoms with Crippen molar-refractivity contribution < 1.29 is 19.2 Å².